The molecule has 1 unspecified atom stereocenters. The van der Waals surface area contributed by atoms with Crippen molar-refractivity contribution in [1.29, 1.82) is 0 Å². The molecule has 1 rings (SSSR count). The Labute approximate surface area is 71.6 Å². The van der Waals surface area contributed by atoms with Crippen LogP contribution in [0.3, 0.4) is 0 Å². The zero-order valence-corrected chi connectivity index (χ0v) is 7.28. The zero-order chi connectivity index (χ0) is 7.40. The van der Waals surface area contributed by atoms with E-state index < -0.39 is 0 Å². The van der Waals surface area contributed by atoms with Crippen LogP contribution in [0.5, 0.6) is 0 Å². The summed E-state index contributed by atoms with van der Waals surface area (Å²) >= 11 is 11.3. The van der Waals surface area contributed by atoms with E-state index in [-0.39, 0.29) is 0 Å². The highest BCUT2D eigenvalue weighted by Gasteiger charge is 2.18. The zero-order valence-electron chi connectivity index (χ0n) is 5.76. The summed E-state index contributed by atoms with van der Waals surface area (Å²) < 4.78 is 0. The van der Waals surface area contributed by atoms with Gasteiger partial charge in [0.15, 0.2) is 0 Å². The minimum Gasteiger partial charge on any atom is -0.298 e. The molecule has 0 amide bonds. The molecule has 0 aromatic heterocycles. The highest BCUT2D eigenvalue weighted by molar-refractivity contribution is 6.25. The lowest BCUT2D eigenvalue weighted by atomic mass is 10.4. The molecular weight excluding hydrogens is 169 g/mol. The first kappa shape index (κ1) is 8.38. The molecule has 0 aromatic carbocycles. The molecular formula is C7H11Cl2N. The fourth-order valence-corrected chi connectivity index (χ4v) is 1.51. The number of alkyl halides is 1. The first-order valence-electron chi connectivity index (χ1n) is 3.44. The molecule has 58 valence electrons. The van der Waals surface area contributed by atoms with Crippen LogP contribution in [0.4, 0.5) is 0 Å². The van der Waals surface area contributed by atoms with Gasteiger partial charge in [-0.25, -0.2) is 0 Å². The van der Waals surface area contributed by atoms with Crippen LogP contribution in [0.25, 0.3) is 0 Å². The Morgan fingerprint density at radius 3 is 2.90 bits per heavy atom. The summed E-state index contributed by atoms with van der Waals surface area (Å²) in [5, 5.41) is 0.351. The van der Waals surface area contributed by atoms with Crippen molar-refractivity contribution in [2.75, 3.05) is 19.6 Å². The quantitative estimate of drug-likeness (QED) is 0.588. The molecule has 1 aliphatic rings. The highest BCUT2D eigenvalue weighted by atomic mass is 35.5. The van der Waals surface area contributed by atoms with Gasteiger partial charge in [-0.05, 0) is 13.0 Å². The van der Waals surface area contributed by atoms with E-state index in [9.17, 15) is 0 Å². The van der Waals surface area contributed by atoms with Crippen molar-refractivity contribution in [3.05, 3.63) is 11.6 Å². The summed E-state index contributed by atoms with van der Waals surface area (Å²) in [6, 6.07) is 0. The first-order chi connectivity index (χ1) is 4.83. The molecule has 0 bridgehead atoms. The van der Waals surface area contributed by atoms with E-state index in [0.29, 0.717) is 5.38 Å². The number of likely N-dealkylation sites (tertiary alicyclic amines) is 1. The molecule has 0 aromatic rings. The minimum absolute atomic E-state index is 0.351. The van der Waals surface area contributed by atoms with Crippen LogP contribution in [0.2, 0.25) is 0 Å². The molecule has 0 spiro atoms. The van der Waals surface area contributed by atoms with Crippen LogP contribution in [0.1, 0.15) is 6.42 Å². The van der Waals surface area contributed by atoms with E-state index in [1.807, 2.05) is 6.08 Å². The predicted molar refractivity (Wildman–Crippen MR) is 45.7 cm³/mol. The van der Waals surface area contributed by atoms with Crippen molar-refractivity contribution in [2.24, 2.45) is 0 Å². The Hall–Kier alpha value is 0.280. The molecule has 1 aliphatic heterocycles. The van der Waals surface area contributed by atoms with Crippen LogP contribution >= 0.6 is 23.2 Å². The first-order valence-corrected chi connectivity index (χ1v) is 4.32. The molecule has 1 nitrogen and oxygen atoms in total. The lowest BCUT2D eigenvalue weighted by Crippen LogP contribution is -2.20. The minimum atomic E-state index is 0.351. The Morgan fingerprint density at radius 1 is 1.60 bits per heavy atom. The number of hydrogen-bond donors (Lipinski definition) is 0. The van der Waals surface area contributed by atoms with Crippen LogP contribution in [0.15, 0.2) is 11.6 Å². The lowest BCUT2D eigenvalue weighted by molar-refractivity contribution is 0.378. The molecule has 1 atom stereocenters. The Balaban J connectivity index is 2.18. The van der Waals surface area contributed by atoms with Crippen molar-refractivity contribution >= 4 is 23.2 Å². The van der Waals surface area contributed by atoms with E-state index in [1.165, 1.54) is 0 Å². The van der Waals surface area contributed by atoms with E-state index in [2.05, 4.69) is 4.90 Å². The van der Waals surface area contributed by atoms with E-state index in [4.69, 9.17) is 23.2 Å². The second-order valence-corrected chi connectivity index (χ2v) is 3.38. The van der Waals surface area contributed by atoms with Gasteiger partial charge in [-0.3, -0.25) is 4.90 Å². The predicted octanol–water partition coefficient (Wildman–Crippen LogP) is 2.05. The molecule has 1 fully saturated rings. The van der Waals surface area contributed by atoms with Gasteiger partial charge in [0.1, 0.15) is 0 Å². The second kappa shape index (κ2) is 4.22. The third-order valence-corrected chi connectivity index (χ3v) is 2.20. The SMILES string of the molecule is Cl/C=C/CN1CCC(Cl)C1. The largest absolute Gasteiger partial charge is 0.298 e. The maximum Gasteiger partial charge on any atom is 0.0475 e. The van der Waals surface area contributed by atoms with Crippen molar-refractivity contribution < 1.29 is 0 Å². The average molecular weight is 180 g/mol. The summed E-state index contributed by atoms with van der Waals surface area (Å²) in [6.07, 6.45) is 3.05. The summed E-state index contributed by atoms with van der Waals surface area (Å²) in [5.74, 6) is 0. The number of halogens is 2. The number of hydrogen-bond acceptors (Lipinski definition) is 1. The number of nitrogens with zero attached hydrogens (tertiary/aromatic N) is 1. The molecule has 1 heterocycles. The van der Waals surface area contributed by atoms with Crippen LogP contribution in [-0.2, 0) is 0 Å². The maximum atomic E-state index is 5.89. The fourth-order valence-electron chi connectivity index (χ4n) is 1.14. The van der Waals surface area contributed by atoms with Gasteiger partial charge in [0.25, 0.3) is 0 Å². The van der Waals surface area contributed by atoms with Gasteiger partial charge in [-0.2, -0.15) is 0 Å². The van der Waals surface area contributed by atoms with Crippen LogP contribution < -0.4 is 0 Å². The Morgan fingerprint density at radius 2 is 2.40 bits per heavy atom. The van der Waals surface area contributed by atoms with Gasteiger partial charge in [-0.15, -0.1) is 11.6 Å². The Kier molecular flexibility index (Phi) is 3.53. The molecule has 0 N–H and O–H groups in total. The van der Waals surface area contributed by atoms with Crippen molar-refractivity contribution in [1.82, 2.24) is 4.90 Å². The summed E-state index contributed by atoms with van der Waals surface area (Å²) in [5.41, 5.74) is 1.56. The third-order valence-electron chi connectivity index (χ3n) is 1.67. The molecule has 0 radical (unpaired) electrons. The molecule has 0 aliphatic carbocycles. The van der Waals surface area contributed by atoms with E-state index >= 15 is 0 Å². The van der Waals surface area contributed by atoms with Gasteiger partial charge in [0.2, 0.25) is 0 Å². The van der Waals surface area contributed by atoms with Gasteiger partial charge in [-0.1, -0.05) is 17.7 Å². The lowest BCUT2D eigenvalue weighted by Gasteiger charge is -2.10. The summed E-state index contributed by atoms with van der Waals surface area (Å²) in [4.78, 5) is 2.29. The van der Waals surface area contributed by atoms with E-state index in [1.54, 1.807) is 5.54 Å². The van der Waals surface area contributed by atoms with Crippen LogP contribution in [0, 0.1) is 0 Å². The van der Waals surface area contributed by atoms with Crippen molar-refractivity contribution in [2.45, 2.75) is 11.8 Å². The standard InChI is InChI=1S/C7H11Cl2N/c8-3-1-4-10-5-2-7(9)6-10/h1,3,7H,2,4-6H2/b3-1+. The number of rotatable bonds is 2. The monoisotopic (exact) mass is 179 g/mol. The smallest absolute Gasteiger partial charge is 0.0475 e. The molecule has 3 heteroatoms. The fraction of sp³-hybridized carbons (Fsp3) is 0.714. The second-order valence-electron chi connectivity index (χ2n) is 2.51. The highest BCUT2D eigenvalue weighted by Crippen LogP contribution is 2.13. The van der Waals surface area contributed by atoms with Gasteiger partial charge >= 0.3 is 0 Å². The van der Waals surface area contributed by atoms with Gasteiger partial charge < -0.3 is 0 Å². The molecule has 0 saturated carbocycles. The Bertz CT molecular complexity index is 125. The average Bonchev–Trinajstić information content (AvgIpc) is 2.31. The van der Waals surface area contributed by atoms with Gasteiger partial charge in [0, 0.05) is 24.0 Å². The summed E-state index contributed by atoms with van der Waals surface area (Å²) in [6.45, 7) is 3.05. The molecule has 10 heavy (non-hydrogen) atoms. The third kappa shape index (κ3) is 2.49. The van der Waals surface area contributed by atoms with Crippen LogP contribution in [-0.4, -0.2) is 29.9 Å². The normalized spacial score (nSPS) is 28.4. The topological polar surface area (TPSA) is 3.24 Å². The van der Waals surface area contributed by atoms with Crippen molar-refractivity contribution in [3.63, 3.8) is 0 Å². The van der Waals surface area contributed by atoms with Crippen molar-refractivity contribution in [3.8, 4) is 0 Å². The van der Waals surface area contributed by atoms with Gasteiger partial charge in [0.05, 0.1) is 0 Å². The molecule has 1 saturated heterocycles. The summed E-state index contributed by atoms with van der Waals surface area (Å²) in [7, 11) is 0. The maximum absolute atomic E-state index is 5.89. The van der Waals surface area contributed by atoms with E-state index in [0.717, 1.165) is 26.1 Å².